The van der Waals surface area contributed by atoms with Gasteiger partial charge in [-0.25, -0.2) is 4.98 Å². The highest BCUT2D eigenvalue weighted by Gasteiger charge is 2.13. The first-order chi connectivity index (χ1) is 9.15. The first-order valence-corrected chi connectivity index (χ1v) is 6.03. The lowest BCUT2D eigenvalue weighted by molar-refractivity contribution is 0.155. The maximum Gasteiger partial charge on any atom is 0.161 e. The number of aliphatic hydroxyl groups is 1. The van der Waals surface area contributed by atoms with Gasteiger partial charge in [0, 0.05) is 12.4 Å². The first kappa shape index (κ1) is 13.4. The molecule has 0 aliphatic rings. The van der Waals surface area contributed by atoms with Gasteiger partial charge in [-0.1, -0.05) is 6.07 Å². The molecule has 1 aromatic carbocycles. The van der Waals surface area contributed by atoms with Crippen molar-refractivity contribution in [2.45, 2.75) is 19.6 Å². The van der Waals surface area contributed by atoms with Gasteiger partial charge in [-0.3, -0.25) is 0 Å². The molecule has 5 nitrogen and oxygen atoms in total. The van der Waals surface area contributed by atoms with E-state index in [-0.39, 0.29) is 0 Å². The van der Waals surface area contributed by atoms with Gasteiger partial charge in [0.15, 0.2) is 11.5 Å². The number of methoxy groups -OCH3 is 2. The van der Waals surface area contributed by atoms with Gasteiger partial charge in [0.2, 0.25) is 0 Å². The highest BCUT2D eigenvalue weighted by Crippen LogP contribution is 2.30. The molecule has 5 heteroatoms. The van der Waals surface area contributed by atoms with Crippen LogP contribution >= 0.6 is 0 Å². The van der Waals surface area contributed by atoms with E-state index in [0.29, 0.717) is 18.0 Å². The van der Waals surface area contributed by atoms with E-state index in [1.54, 1.807) is 32.5 Å². The molecule has 1 aromatic heterocycles. The highest BCUT2D eigenvalue weighted by atomic mass is 16.5. The summed E-state index contributed by atoms with van der Waals surface area (Å²) < 4.78 is 12.3. The van der Waals surface area contributed by atoms with E-state index in [1.165, 1.54) is 0 Å². The van der Waals surface area contributed by atoms with Crippen molar-refractivity contribution in [3.05, 3.63) is 42.0 Å². The minimum Gasteiger partial charge on any atom is -0.493 e. The molecule has 2 rings (SSSR count). The first-order valence-electron chi connectivity index (χ1n) is 6.03. The van der Waals surface area contributed by atoms with Crippen LogP contribution in [0, 0.1) is 6.92 Å². The molecule has 0 fully saturated rings. The van der Waals surface area contributed by atoms with Crippen LogP contribution in [-0.4, -0.2) is 28.9 Å². The molecule has 1 unspecified atom stereocenters. The zero-order chi connectivity index (χ0) is 13.8. The number of imidazole rings is 1. The third-order valence-electron chi connectivity index (χ3n) is 3.09. The molecule has 0 aliphatic carbocycles. The quantitative estimate of drug-likeness (QED) is 0.894. The third kappa shape index (κ3) is 2.88. The summed E-state index contributed by atoms with van der Waals surface area (Å²) >= 11 is 0. The van der Waals surface area contributed by atoms with Crippen molar-refractivity contribution in [1.29, 1.82) is 0 Å². The molecule has 0 saturated carbocycles. The van der Waals surface area contributed by atoms with Gasteiger partial charge in [-0.05, 0) is 24.6 Å². The maximum absolute atomic E-state index is 10.3. The van der Waals surface area contributed by atoms with Crippen LogP contribution in [0.15, 0.2) is 30.6 Å². The van der Waals surface area contributed by atoms with Gasteiger partial charge in [-0.15, -0.1) is 0 Å². The minimum atomic E-state index is -0.618. The number of hydrogen-bond donors (Lipinski definition) is 1. The van der Waals surface area contributed by atoms with Crippen LogP contribution < -0.4 is 9.47 Å². The summed E-state index contributed by atoms with van der Waals surface area (Å²) in [7, 11) is 3.16. The molecule has 1 atom stereocenters. The molecule has 0 radical (unpaired) electrons. The van der Waals surface area contributed by atoms with Crippen molar-refractivity contribution in [3.8, 4) is 11.5 Å². The Hall–Kier alpha value is -2.01. The Morgan fingerprint density at radius 1 is 1.26 bits per heavy atom. The topological polar surface area (TPSA) is 56.5 Å². The molecule has 1 heterocycles. The number of hydrogen-bond acceptors (Lipinski definition) is 4. The predicted octanol–water partition coefficient (Wildman–Crippen LogP) is 1.94. The Kier molecular flexibility index (Phi) is 4.06. The summed E-state index contributed by atoms with van der Waals surface area (Å²) in [4.78, 5) is 4.13. The lowest BCUT2D eigenvalue weighted by Gasteiger charge is -2.15. The van der Waals surface area contributed by atoms with Crippen molar-refractivity contribution in [2.75, 3.05) is 14.2 Å². The summed E-state index contributed by atoms with van der Waals surface area (Å²) in [6.45, 7) is 2.36. The minimum absolute atomic E-state index is 0.460. The van der Waals surface area contributed by atoms with Crippen molar-refractivity contribution in [1.82, 2.24) is 9.55 Å². The summed E-state index contributed by atoms with van der Waals surface area (Å²) in [5.74, 6) is 2.14. The normalized spacial score (nSPS) is 12.2. The molecule has 0 saturated heterocycles. The second-order valence-electron chi connectivity index (χ2n) is 4.26. The Bertz CT molecular complexity index is 551. The Labute approximate surface area is 112 Å². The molecular weight excluding hydrogens is 244 g/mol. The fraction of sp³-hybridized carbons (Fsp3) is 0.357. The average Bonchev–Trinajstić information content (AvgIpc) is 2.83. The fourth-order valence-electron chi connectivity index (χ4n) is 1.95. The van der Waals surface area contributed by atoms with Crippen LogP contribution in [0.2, 0.25) is 0 Å². The van der Waals surface area contributed by atoms with Gasteiger partial charge >= 0.3 is 0 Å². The number of nitrogens with zero attached hydrogens (tertiary/aromatic N) is 2. The Morgan fingerprint density at radius 2 is 2.00 bits per heavy atom. The Morgan fingerprint density at radius 3 is 2.58 bits per heavy atom. The highest BCUT2D eigenvalue weighted by molar-refractivity contribution is 5.43. The number of aryl methyl sites for hydroxylation is 1. The Balaban J connectivity index is 2.19. The molecule has 0 amide bonds. The van der Waals surface area contributed by atoms with E-state index in [4.69, 9.17) is 9.47 Å². The number of ether oxygens (including phenoxy) is 2. The van der Waals surface area contributed by atoms with Crippen LogP contribution in [0.3, 0.4) is 0 Å². The van der Waals surface area contributed by atoms with E-state index in [1.807, 2.05) is 23.8 Å². The van der Waals surface area contributed by atoms with E-state index in [9.17, 15) is 5.11 Å². The maximum atomic E-state index is 10.3. The van der Waals surface area contributed by atoms with Crippen molar-refractivity contribution in [3.63, 3.8) is 0 Å². The number of benzene rings is 1. The SMILES string of the molecule is COc1ccc(C(O)Cn2ccnc2C)cc1OC. The van der Waals surface area contributed by atoms with Gasteiger partial charge in [0.05, 0.1) is 26.9 Å². The zero-order valence-electron chi connectivity index (χ0n) is 11.3. The van der Waals surface area contributed by atoms with Crippen molar-refractivity contribution in [2.24, 2.45) is 0 Å². The third-order valence-corrected chi connectivity index (χ3v) is 3.09. The van der Waals surface area contributed by atoms with Crippen LogP contribution in [0.1, 0.15) is 17.5 Å². The molecule has 102 valence electrons. The van der Waals surface area contributed by atoms with Crippen molar-refractivity contribution >= 4 is 0 Å². The summed E-state index contributed by atoms with van der Waals surface area (Å²) in [6, 6.07) is 5.41. The number of rotatable bonds is 5. The van der Waals surface area contributed by atoms with E-state index in [2.05, 4.69) is 4.98 Å². The van der Waals surface area contributed by atoms with Crippen LogP contribution in [0.4, 0.5) is 0 Å². The largest absolute Gasteiger partial charge is 0.493 e. The van der Waals surface area contributed by atoms with Gasteiger partial charge < -0.3 is 19.1 Å². The molecule has 19 heavy (non-hydrogen) atoms. The lowest BCUT2D eigenvalue weighted by Crippen LogP contribution is -2.09. The standard InChI is InChI=1S/C14H18N2O3/c1-10-15-6-7-16(10)9-12(17)11-4-5-13(18-2)14(8-11)19-3/h4-8,12,17H,9H2,1-3H3. The molecule has 0 spiro atoms. The number of aliphatic hydroxyl groups excluding tert-OH is 1. The van der Waals surface area contributed by atoms with Crippen molar-refractivity contribution < 1.29 is 14.6 Å². The summed E-state index contributed by atoms with van der Waals surface area (Å²) in [6.07, 6.45) is 2.95. The van der Waals surface area contributed by atoms with Crippen LogP contribution in [-0.2, 0) is 6.54 Å². The van der Waals surface area contributed by atoms with Gasteiger partial charge in [0.1, 0.15) is 5.82 Å². The summed E-state index contributed by atoms with van der Waals surface area (Å²) in [5, 5.41) is 10.3. The van der Waals surface area contributed by atoms with Crippen LogP contribution in [0.25, 0.3) is 0 Å². The smallest absolute Gasteiger partial charge is 0.161 e. The fourth-order valence-corrected chi connectivity index (χ4v) is 1.95. The second kappa shape index (κ2) is 5.75. The average molecular weight is 262 g/mol. The van der Waals surface area contributed by atoms with Gasteiger partial charge in [-0.2, -0.15) is 0 Å². The molecule has 2 aromatic rings. The monoisotopic (exact) mass is 262 g/mol. The second-order valence-corrected chi connectivity index (χ2v) is 4.26. The van der Waals surface area contributed by atoms with Gasteiger partial charge in [0.25, 0.3) is 0 Å². The van der Waals surface area contributed by atoms with E-state index >= 15 is 0 Å². The lowest BCUT2D eigenvalue weighted by atomic mass is 10.1. The van der Waals surface area contributed by atoms with Crippen LogP contribution in [0.5, 0.6) is 11.5 Å². The zero-order valence-corrected chi connectivity index (χ0v) is 11.3. The number of aromatic nitrogens is 2. The molecule has 0 aliphatic heterocycles. The van der Waals surface area contributed by atoms with E-state index < -0.39 is 6.10 Å². The molecular formula is C14H18N2O3. The molecule has 1 N–H and O–H groups in total. The predicted molar refractivity (Wildman–Crippen MR) is 71.5 cm³/mol. The van der Waals surface area contributed by atoms with E-state index in [0.717, 1.165) is 11.4 Å². The summed E-state index contributed by atoms with van der Waals surface area (Å²) in [5.41, 5.74) is 0.783. The molecule has 0 bridgehead atoms.